The lowest BCUT2D eigenvalue weighted by Gasteiger charge is -1.93. The molecule has 0 radical (unpaired) electrons. The Kier molecular flexibility index (Phi) is 1.11. The van der Waals surface area contributed by atoms with Gasteiger partial charge < -0.3 is 11.5 Å². The third kappa shape index (κ3) is 0.835. The van der Waals surface area contributed by atoms with Crippen molar-refractivity contribution in [3.63, 3.8) is 0 Å². The molecule has 0 aromatic carbocycles. The van der Waals surface area contributed by atoms with Gasteiger partial charge in [-0.2, -0.15) is 9.78 Å². The highest BCUT2D eigenvalue weighted by molar-refractivity contribution is 5.76. The highest BCUT2D eigenvalue weighted by Gasteiger charge is 2.00. The van der Waals surface area contributed by atoms with Crippen LogP contribution in [0.1, 0.15) is 0 Å². The van der Waals surface area contributed by atoms with Gasteiger partial charge in [0.25, 0.3) is 0 Å². The van der Waals surface area contributed by atoms with E-state index in [1.807, 2.05) is 0 Å². The summed E-state index contributed by atoms with van der Waals surface area (Å²) in [4.78, 5) is 10.3. The minimum absolute atomic E-state index is 0.252. The molecule has 9 heavy (non-hydrogen) atoms. The lowest BCUT2D eigenvalue weighted by molar-refractivity contribution is 0.248. The maximum atomic E-state index is 10.3. The summed E-state index contributed by atoms with van der Waals surface area (Å²) in [5, 5.41) is 3.53. The van der Waals surface area contributed by atoms with E-state index in [0.29, 0.717) is 0 Å². The van der Waals surface area contributed by atoms with Crippen molar-refractivity contribution in [3.05, 3.63) is 12.3 Å². The molecule has 0 bridgehead atoms. The van der Waals surface area contributed by atoms with E-state index in [1.54, 1.807) is 0 Å². The Morgan fingerprint density at radius 2 is 2.44 bits per heavy atom. The maximum absolute atomic E-state index is 10.3. The van der Waals surface area contributed by atoms with E-state index in [1.165, 1.54) is 12.3 Å². The summed E-state index contributed by atoms with van der Waals surface area (Å²) in [7, 11) is 0. The molecule has 0 atom stereocenters. The van der Waals surface area contributed by atoms with Crippen molar-refractivity contribution in [1.82, 2.24) is 9.78 Å². The summed E-state index contributed by atoms with van der Waals surface area (Å²) in [5.74, 6) is 0.252. The molecule has 0 aliphatic carbocycles. The largest absolute Gasteiger partial charge is 0.383 e. The number of hydrogen-bond donors (Lipinski definition) is 2. The van der Waals surface area contributed by atoms with Crippen LogP contribution in [0.25, 0.3) is 0 Å². The number of carbonyl (C=O) groups excluding carboxylic acids is 1. The molecule has 0 aliphatic heterocycles. The fourth-order valence-electron chi connectivity index (χ4n) is 0.498. The molecule has 0 aliphatic rings. The Bertz CT molecular complexity index is 228. The number of nitrogen functional groups attached to an aromatic ring is 1. The second kappa shape index (κ2) is 1.77. The molecule has 48 valence electrons. The number of nitrogens with zero attached hydrogens (tertiary/aromatic N) is 2. The van der Waals surface area contributed by atoms with Crippen molar-refractivity contribution in [2.75, 3.05) is 5.73 Å². The number of nitrogens with two attached hydrogens (primary N) is 2. The zero-order valence-electron chi connectivity index (χ0n) is 4.61. The fraction of sp³-hybridized carbons (Fsp3) is 0. The predicted octanol–water partition coefficient (Wildman–Crippen LogP) is -0.608. The van der Waals surface area contributed by atoms with Crippen LogP contribution in [0.5, 0.6) is 0 Å². The second-order valence-electron chi connectivity index (χ2n) is 1.51. The molecule has 5 nitrogen and oxygen atoms in total. The SMILES string of the molecule is NC(=O)n1nccc1N. The Morgan fingerprint density at radius 1 is 1.78 bits per heavy atom. The van der Waals surface area contributed by atoms with Gasteiger partial charge in [0.05, 0.1) is 6.20 Å². The summed E-state index contributed by atoms with van der Waals surface area (Å²) >= 11 is 0. The topological polar surface area (TPSA) is 86.9 Å². The molecule has 0 unspecified atom stereocenters. The molecule has 0 saturated heterocycles. The summed E-state index contributed by atoms with van der Waals surface area (Å²) in [6.45, 7) is 0. The molecule has 0 fully saturated rings. The molecular weight excluding hydrogens is 120 g/mol. The predicted molar refractivity (Wildman–Crippen MR) is 31.6 cm³/mol. The lowest BCUT2D eigenvalue weighted by Crippen LogP contribution is -2.22. The van der Waals surface area contributed by atoms with Crippen molar-refractivity contribution >= 4 is 11.8 Å². The molecule has 1 aromatic rings. The third-order valence-corrected chi connectivity index (χ3v) is 0.881. The van der Waals surface area contributed by atoms with Gasteiger partial charge in [-0.3, -0.25) is 0 Å². The van der Waals surface area contributed by atoms with E-state index in [4.69, 9.17) is 11.5 Å². The lowest BCUT2D eigenvalue weighted by atomic mass is 10.7. The first-order valence-corrected chi connectivity index (χ1v) is 2.31. The molecule has 1 aromatic heterocycles. The third-order valence-electron chi connectivity index (χ3n) is 0.881. The van der Waals surface area contributed by atoms with E-state index in [-0.39, 0.29) is 5.82 Å². The highest BCUT2D eigenvalue weighted by Crippen LogP contribution is 1.96. The number of primary amides is 1. The zero-order chi connectivity index (χ0) is 6.85. The van der Waals surface area contributed by atoms with E-state index in [0.717, 1.165) is 4.68 Å². The number of hydrogen-bond acceptors (Lipinski definition) is 3. The number of aromatic nitrogens is 2. The molecule has 5 heteroatoms. The van der Waals surface area contributed by atoms with Crippen LogP contribution in [-0.4, -0.2) is 15.8 Å². The average molecular weight is 126 g/mol. The van der Waals surface area contributed by atoms with Crippen LogP contribution >= 0.6 is 0 Å². The van der Waals surface area contributed by atoms with Crippen LogP contribution in [0, 0.1) is 0 Å². The molecule has 0 spiro atoms. The molecule has 0 saturated carbocycles. The van der Waals surface area contributed by atoms with Gasteiger partial charge in [-0.15, -0.1) is 0 Å². The Labute approximate surface area is 51.2 Å². The minimum Gasteiger partial charge on any atom is -0.383 e. The van der Waals surface area contributed by atoms with E-state index in [9.17, 15) is 4.79 Å². The van der Waals surface area contributed by atoms with Crippen LogP contribution in [0.2, 0.25) is 0 Å². The summed E-state index contributed by atoms with van der Waals surface area (Å²) < 4.78 is 0.917. The quantitative estimate of drug-likeness (QED) is 0.486. The van der Waals surface area contributed by atoms with Gasteiger partial charge in [-0.25, -0.2) is 4.79 Å². The number of rotatable bonds is 0. The standard InChI is InChI=1S/C4H6N4O/c5-3-1-2-7-8(3)4(6)9/h1-2H,5H2,(H2,6,9). The normalized spacial score (nSPS) is 9.33. The average Bonchev–Trinajstić information content (AvgIpc) is 2.13. The van der Waals surface area contributed by atoms with Crippen LogP contribution in [0.15, 0.2) is 12.3 Å². The summed E-state index contributed by atoms with van der Waals surface area (Å²) in [6.07, 6.45) is 1.40. The molecule has 4 N–H and O–H groups in total. The Hall–Kier alpha value is -1.52. The van der Waals surface area contributed by atoms with E-state index < -0.39 is 6.03 Å². The van der Waals surface area contributed by atoms with Crippen LogP contribution in [0.4, 0.5) is 10.6 Å². The van der Waals surface area contributed by atoms with Crippen LogP contribution in [-0.2, 0) is 0 Å². The fourth-order valence-corrected chi connectivity index (χ4v) is 0.498. The molecule has 1 heterocycles. The van der Waals surface area contributed by atoms with Gasteiger partial charge in [0.15, 0.2) is 0 Å². The summed E-state index contributed by atoms with van der Waals surface area (Å²) in [6, 6.07) is 0.822. The first-order chi connectivity index (χ1) is 4.22. The minimum atomic E-state index is -0.669. The van der Waals surface area contributed by atoms with Crippen LogP contribution < -0.4 is 11.5 Å². The molecule has 1 rings (SSSR count). The number of carbonyl (C=O) groups is 1. The van der Waals surface area contributed by atoms with E-state index in [2.05, 4.69) is 5.10 Å². The van der Waals surface area contributed by atoms with Gasteiger partial charge in [0.2, 0.25) is 0 Å². The molecular formula is C4H6N4O. The first kappa shape index (κ1) is 5.61. The maximum Gasteiger partial charge on any atom is 0.341 e. The van der Waals surface area contributed by atoms with Gasteiger partial charge in [0.1, 0.15) is 5.82 Å². The van der Waals surface area contributed by atoms with Crippen molar-refractivity contribution in [2.24, 2.45) is 5.73 Å². The van der Waals surface area contributed by atoms with Crippen molar-refractivity contribution in [3.8, 4) is 0 Å². The van der Waals surface area contributed by atoms with Gasteiger partial charge in [-0.05, 0) is 0 Å². The smallest absolute Gasteiger partial charge is 0.341 e. The second-order valence-corrected chi connectivity index (χ2v) is 1.51. The van der Waals surface area contributed by atoms with Gasteiger partial charge in [0, 0.05) is 6.07 Å². The van der Waals surface area contributed by atoms with Gasteiger partial charge in [-0.1, -0.05) is 0 Å². The van der Waals surface area contributed by atoms with Crippen molar-refractivity contribution in [2.45, 2.75) is 0 Å². The van der Waals surface area contributed by atoms with Crippen molar-refractivity contribution in [1.29, 1.82) is 0 Å². The monoisotopic (exact) mass is 126 g/mol. The first-order valence-electron chi connectivity index (χ1n) is 2.31. The van der Waals surface area contributed by atoms with Crippen LogP contribution in [0.3, 0.4) is 0 Å². The number of amides is 1. The number of anilines is 1. The molecule has 1 amide bonds. The Morgan fingerprint density at radius 3 is 2.67 bits per heavy atom. The highest BCUT2D eigenvalue weighted by atomic mass is 16.2. The summed E-state index contributed by atoms with van der Waals surface area (Å²) in [5.41, 5.74) is 10.1. The van der Waals surface area contributed by atoms with Crippen molar-refractivity contribution < 1.29 is 4.79 Å². The zero-order valence-corrected chi connectivity index (χ0v) is 4.61. The van der Waals surface area contributed by atoms with E-state index >= 15 is 0 Å². The Balaban J connectivity index is 3.08. The van der Waals surface area contributed by atoms with Gasteiger partial charge >= 0.3 is 6.03 Å².